The molecular weight excluding hydrogens is 309 g/mol. The van der Waals surface area contributed by atoms with Gasteiger partial charge in [-0.15, -0.1) is 0 Å². The minimum Gasteiger partial charge on any atom is -0.382 e. The number of amides is 2. The number of benzene rings is 1. The third kappa shape index (κ3) is 6.35. The molecule has 1 unspecified atom stereocenters. The Morgan fingerprint density at radius 3 is 2.83 bits per heavy atom. The standard InChI is InChI=1S/C18H28FN3O2/c1-2-24-12-4-3-10-20-18(23)21-13-15-9-11-22(14-15)17-7-5-16(19)6-8-17/h5-8,15H,2-4,9-14H2,1H3,(H2,20,21,23). The molecule has 0 aliphatic carbocycles. The van der Waals surface area contributed by atoms with Crippen molar-refractivity contribution in [1.29, 1.82) is 0 Å². The fraction of sp³-hybridized carbons (Fsp3) is 0.611. The Labute approximate surface area is 143 Å². The van der Waals surface area contributed by atoms with E-state index < -0.39 is 0 Å². The first kappa shape index (κ1) is 18.5. The van der Waals surface area contributed by atoms with E-state index in [1.165, 1.54) is 12.1 Å². The van der Waals surface area contributed by atoms with E-state index in [4.69, 9.17) is 4.74 Å². The van der Waals surface area contributed by atoms with Gasteiger partial charge in [-0.05, 0) is 56.4 Å². The number of carbonyl (C=O) groups is 1. The molecule has 0 spiro atoms. The maximum absolute atomic E-state index is 13.0. The van der Waals surface area contributed by atoms with Crippen molar-refractivity contribution in [2.75, 3.05) is 44.3 Å². The number of carbonyl (C=O) groups excluding carboxylic acids is 1. The Kier molecular flexibility index (Phi) is 7.82. The van der Waals surface area contributed by atoms with Crippen LogP contribution in [-0.2, 0) is 4.74 Å². The molecule has 5 nitrogen and oxygen atoms in total. The van der Waals surface area contributed by atoms with Gasteiger partial charge in [-0.1, -0.05) is 0 Å². The molecule has 1 fully saturated rings. The Bertz CT molecular complexity index is 496. The number of urea groups is 1. The zero-order valence-corrected chi connectivity index (χ0v) is 14.4. The van der Waals surface area contributed by atoms with E-state index in [9.17, 15) is 9.18 Å². The molecular formula is C18H28FN3O2. The van der Waals surface area contributed by atoms with Crippen LogP contribution in [0.3, 0.4) is 0 Å². The number of nitrogens with one attached hydrogen (secondary N) is 2. The monoisotopic (exact) mass is 337 g/mol. The average Bonchev–Trinajstić information content (AvgIpc) is 3.06. The Morgan fingerprint density at radius 2 is 2.08 bits per heavy atom. The molecule has 0 aromatic heterocycles. The number of ether oxygens (including phenoxy) is 1. The summed E-state index contributed by atoms with van der Waals surface area (Å²) in [5.74, 6) is 0.216. The quantitative estimate of drug-likeness (QED) is 0.681. The summed E-state index contributed by atoms with van der Waals surface area (Å²) in [6.07, 6.45) is 2.92. The number of nitrogens with zero attached hydrogens (tertiary/aromatic N) is 1. The molecule has 2 N–H and O–H groups in total. The minimum atomic E-state index is -0.214. The van der Waals surface area contributed by atoms with E-state index in [-0.39, 0.29) is 11.8 Å². The van der Waals surface area contributed by atoms with Gasteiger partial charge in [-0.3, -0.25) is 0 Å². The molecule has 24 heavy (non-hydrogen) atoms. The molecule has 2 amide bonds. The lowest BCUT2D eigenvalue weighted by atomic mass is 10.1. The van der Waals surface area contributed by atoms with Gasteiger partial charge in [-0.25, -0.2) is 9.18 Å². The third-order valence-corrected chi connectivity index (χ3v) is 4.23. The van der Waals surface area contributed by atoms with Crippen LogP contribution in [0.25, 0.3) is 0 Å². The van der Waals surface area contributed by atoms with Gasteiger partial charge in [0.25, 0.3) is 0 Å². The second-order valence-corrected chi connectivity index (χ2v) is 6.12. The van der Waals surface area contributed by atoms with Crippen LogP contribution < -0.4 is 15.5 Å². The van der Waals surface area contributed by atoms with Gasteiger partial charge in [0.2, 0.25) is 0 Å². The van der Waals surface area contributed by atoms with Crippen molar-refractivity contribution in [3.8, 4) is 0 Å². The number of anilines is 1. The number of rotatable bonds is 9. The molecule has 0 bridgehead atoms. The van der Waals surface area contributed by atoms with E-state index >= 15 is 0 Å². The van der Waals surface area contributed by atoms with Gasteiger partial charge in [0, 0.05) is 45.1 Å². The fourth-order valence-electron chi connectivity index (χ4n) is 2.86. The summed E-state index contributed by atoms with van der Waals surface area (Å²) in [6.45, 7) is 6.64. The summed E-state index contributed by atoms with van der Waals surface area (Å²) >= 11 is 0. The highest BCUT2D eigenvalue weighted by Gasteiger charge is 2.23. The fourth-order valence-corrected chi connectivity index (χ4v) is 2.86. The molecule has 0 radical (unpaired) electrons. The van der Waals surface area contributed by atoms with E-state index in [0.717, 1.165) is 51.3 Å². The van der Waals surface area contributed by atoms with E-state index in [0.29, 0.717) is 19.0 Å². The molecule has 1 aromatic rings. The first-order valence-electron chi connectivity index (χ1n) is 8.79. The first-order chi connectivity index (χ1) is 11.7. The lowest BCUT2D eigenvalue weighted by molar-refractivity contribution is 0.143. The molecule has 0 saturated carbocycles. The molecule has 1 atom stereocenters. The lowest BCUT2D eigenvalue weighted by Gasteiger charge is -2.19. The van der Waals surface area contributed by atoms with Gasteiger partial charge in [0.15, 0.2) is 0 Å². The molecule has 1 heterocycles. The van der Waals surface area contributed by atoms with Crippen LogP contribution in [0.15, 0.2) is 24.3 Å². The number of halogens is 1. The Balaban J connectivity index is 1.58. The van der Waals surface area contributed by atoms with E-state index in [1.807, 2.05) is 6.92 Å². The van der Waals surface area contributed by atoms with Crippen molar-refractivity contribution >= 4 is 11.7 Å². The Hall–Kier alpha value is -1.82. The Morgan fingerprint density at radius 1 is 1.29 bits per heavy atom. The normalized spacial score (nSPS) is 17.1. The predicted molar refractivity (Wildman–Crippen MR) is 93.8 cm³/mol. The maximum atomic E-state index is 13.0. The molecule has 1 saturated heterocycles. The molecule has 1 aromatic carbocycles. The lowest BCUT2D eigenvalue weighted by Crippen LogP contribution is -2.39. The smallest absolute Gasteiger partial charge is 0.314 e. The molecule has 1 aliphatic rings. The SMILES string of the molecule is CCOCCCCNC(=O)NCC1CCN(c2ccc(F)cc2)C1. The van der Waals surface area contributed by atoms with Crippen LogP contribution in [0.4, 0.5) is 14.9 Å². The van der Waals surface area contributed by atoms with Crippen molar-refractivity contribution in [2.45, 2.75) is 26.2 Å². The van der Waals surface area contributed by atoms with Crippen LogP contribution in [0.5, 0.6) is 0 Å². The summed E-state index contributed by atoms with van der Waals surface area (Å²) in [5, 5.41) is 5.81. The van der Waals surface area contributed by atoms with Crippen LogP contribution >= 0.6 is 0 Å². The van der Waals surface area contributed by atoms with Gasteiger partial charge in [-0.2, -0.15) is 0 Å². The van der Waals surface area contributed by atoms with Crippen LogP contribution in [0, 0.1) is 11.7 Å². The second-order valence-electron chi connectivity index (χ2n) is 6.12. The van der Waals surface area contributed by atoms with E-state index in [1.54, 1.807) is 12.1 Å². The highest BCUT2D eigenvalue weighted by molar-refractivity contribution is 5.73. The van der Waals surface area contributed by atoms with Gasteiger partial charge in [0.05, 0.1) is 0 Å². The highest BCUT2D eigenvalue weighted by Crippen LogP contribution is 2.23. The highest BCUT2D eigenvalue weighted by atomic mass is 19.1. The molecule has 134 valence electrons. The topological polar surface area (TPSA) is 53.6 Å². The third-order valence-electron chi connectivity index (χ3n) is 4.23. The van der Waals surface area contributed by atoms with Crippen molar-refractivity contribution in [1.82, 2.24) is 10.6 Å². The minimum absolute atomic E-state index is 0.105. The predicted octanol–water partition coefficient (Wildman–Crippen LogP) is 2.77. The molecule has 6 heteroatoms. The van der Waals surface area contributed by atoms with Gasteiger partial charge >= 0.3 is 6.03 Å². The second kappa shape index (κ2) is 10.1. The number of unbranched alkanes of at least 4 members (excludes halogenated alkanes) is 1. The average molecular weight is 337 g/mol. The van der Waals surface area contributed by atoms with Crippen molar-refractivity contribution in [3.05, 3.63) is 30.1 Å². The van der Waals surface area contributed by atoms with Crippen LogP contribution in [0.1, 0.15) is 26.2 Å². The first-order valence-corrected chi connectivity index (χ1v) is 8.79. The zero-order chi connectivity index (χ0) is 17.2. The van der Waals surface area contributed by atoms with Crippen LogP contribution in [0.2, 0.25) is 0 Å². The van der Waals surface area contributed by atoms with Crippen molar-refractivity contribution in [3.63, 3.8) is 0 Å². The number of hydrogen-bond acceptors (Lipinski definition) is 3. The molecule has 2 rings (SSSR count). The molecule has 1 aliphatic heterocycles. The van der Waals surface area contributed by atoms with E-state index in [2.05, 4.69) is 15.5 Å². The summed E-state index contributed by atoms with van der Waals surface area (Å²) in [4.78, 5) is 14.0. The van der Waals surface area contributed by atoms with Crippen molar-refractivity contribution in [2.24, 2.45) is 5.92 Å². The van der Waals surface area contributed by atoms with Crippen LogP contribution in [-0.4, -0.2) is 45.4 Å². The largest absolute Gasteiger partial charge is 0.382 e. The zero-order valence-electron chi connectivity index (χ0n) is 14.4. The van der Waals surface area contributed by atoms with Gasteiger partial charge in [0.1, 0.15) is 5.82 Å². The van der Waals surface area contributed by atoms with Crippen molar-refractivity contribution < 1.29 is 13.9 Å². The van der Waals surface area contributed by atoms with Gasteiger partial charge < -0.3 is 20.3 Å². The summed E-state index contributed by atoms with van der Waals surface area (Å²) < 4.78 is 18.2. The summed E-state index contributed by atoms with van der Waals surface area (Å²) in [5.41, 5.74) is 1.04. The summed E-state index contributed by atoms with van der Waals surface area (Å²) in [6, 6.07) is 6.48. The maximum Gasteiger partial charge on any atom is 0.314 e. The summed E-state index contributed by atoms with van der Waals surface area (Å²) in [7, 11) is 0. The number of hydrogen-bond donors (Lipinski definition) is 2.